The Morgan fingerprint density at radius 2 is 1.87 bits per heavy atom. The van der Waals surface area contributed by atoms with Crippen LogP contribution in [0.3, 0.4) is 0 Å². The van der Waals surface area contributed by atoms with Gasteiger partial charge in [0, 0.05) is 31.5 Å². The molecule has 1 N–H and O–H groups in total. The third kappa shape index (κ3) is 4.69. The summed E-state index contributed by atoms with van der Waals surface area (Å²) in [5, 5.41) is 2.66. The van der Waals surface area contributed by atoms with E-state index in [0.717, 1.165) is 19.5 Å². The Morgan fingerprint density at radius 1 is 1.17 bits per heavy atom. The zero-order valence-electron chi connectivity index (χ0n) is 14.9. The highest BCUT2D eigenvalue weighted by atomic mass is 32.2. The van der Waals surface area contributed by atoms with E-state index in [2.05, 4.69) is 37.9 Å². The lowest BCUT2D eigenvalue weighted by molar-refractivity contribution is -0.126. The quantitative estimate of drug-likeness (QED) is 0.794. The number of rotatable bonds is 6. The Morgan fingerprint density at radius 3 is 2.48 bits per heavy atom. The van der Waals surface area contributed by atoms with Crippen LogP contribution in [-0.4, -0.2) is 56.4 Å². The number of likely N-dealkylation sites (tertiary alicyclic amines) is 1. The van der Waals surface area contributed by atoms with Crippen LogP contribution in [0.15, 0.2) is 0 Å². The molecule has 0 aromatic rings. The number of sulfone groups is 1. The van der Waals surface area contributed by atoms with Gasteiger partial charge in [-0.05, 0) is 31.2 Å². The van der Waals surface area contributed by atoms with Gasteiger partial charge in [0.2, 0.25) is 5.91 Å². The van der Waals surface area contributed by atoms with Gasteiger partial charge in [0.05, 0.1) is 11.0 Å². The molecule has 0 aromatic carbocycles. The fraction of sp³-hybridized carbons (Fsp3) is 0.941. The van der Waals surface area contributed by atoms with E-state index in [0.29, 0.717) is 31.3 Å². The van der Waals surface area contributed by atoms with Gasteiger partial charge in [0.15, 0.2) is 9.84 Å². The molecule has 1 amide bonds. The molecule has 5 nitrogen and oxygen atoms in total. The zero-order chi connectivity index (χ0) is 17.2. The summed E-state index contributed by atoms with van der Waals surface area (Å²) in [6, 6.07) is 0. The Labute approximate surface area is 141 Å². The van der Waals surface area contributed by atoms with Crippen molar-refractivity contribution >= 4 is 15.7 Å². The van der Waals surface area contributed by atoms with Crippen molar-refractivity contribution in [2.45, 2.75) is 45.8 Å². The second kappa shape index (κ2) is 7.51. The summed E-state index contributed by atoms with van der Waals surface area (Å²) in [6.45, 7) is 11.4. The van der Waals surface area contributed by atoms with Crippen molar-refractivity contribution < 1.29 is 13.2 Å². The fourth-order valence-electron chi connectivity index (χ4n) is 3.69. The summed E-state index contributed by atoms with van der Waals surface area (Å²) in [6.07, 6.45) is 1.55. The predicted molar refractivity (Wildman–Crippen MR) is 92.9 cm³/mol. The van der Waals surface area contributed by atoms with E-state index >= 15 is 0 Å². The van der Waals surface area contributed by atoms with E-state index in [1.54, 1.807) is 0 Å². The Balaban J connectivity index is 2.05. The average molecular weight is 345 g/mol. The molecule has 0 radical (unpaired) electrons. The molecule has 2 rings (SSSR count). The predicted octanol–water partition coefficient (Wildman–Crippen LogP) is 1.54. The van der Waals surface area contributed by atoms with E-state index in [1.807, 2.05) is 0 Å². The Bertz CT molecular complexity index is 516. The van der Waals surface area contributed by atoms with Gasteiger partial charge in [-0.1, -0.05) is 27.7 Å². The van der Waals surface area contributed by atoms with Crippen LogP contribution in [-0.2, 0) is 14.6 Å². The van der Waals surface area contributed by atoms with Crippen molar-refractivity contribution in [3.63, 3.8) is 0 Å². The minimum Gasteiger partial charge on any atom is -0.356 e. The van der Waals surface area contributed by atoms with E-state index in [-0.39, 0.29) is 28.7 Å². The lowest BCUT2D eigenvalue weighted by Gasteiger charge is -2.32. The summed E-state index contributed by atoms with van der Waals surface area (Å²) >= 11 is 0. The highest BCUT2D eigenvalue weighted by molar-refractivity contribution is 7.92. The van der Waals surface area contributed by atoms with Crippen molar-refractivity contribution in [2.75, 3.05) is 31.9 Å². The van der Waals surface area contributed by atoms with Gasteiger partial charge in [0.25, 0.3) is 0 Å². The van der Waals surface area contributed by atoms with Crippen LogP contribution in [0.5, 0.6) is 0 Å². The number of hydrogen-bond acceptors (Lipinski definition) is 4. The van der Waals surface area contributed by atoms with Crippen LogP contribution in [0.2, 0.25) is 0 Å². The van der Waals surface area contributed by atoms with Gasteiger partial charge < -0.3 is 10.2 Å². The molecule has 2 aliphatic heterocycles. The van der Waals surface area contributed by atoms with Gasteiger partial charge in [-0.15, -0.1) is 0 Å². The number of carbonyl (C=O) groups is 1. The molecular weight excluding hydrogens is 312 g/mol. The van der Waals surface area contributed by atoms with Crippen molar-refractivity contribution in [1.82, 2.24) is 10.2 Å². The summed E-state index contributed by atoms with van der Waals surface area (Å²) in [4.78, 5) is 14.8. The fourth-order valence-corrected chi connectivity index (χ4v) is 5.82. The first-order valence-corrected chi connectivity index (χ1v) is 10.6. The zero-order valence-corrected chi connectivity index (χ0v) is 15.7. The summed E-state index contributed by atoms with van der Waals surface area (Å²) in [7, 11) is -3.05. The molecule has 2 fully saturated rings. The first-order valence-electron chi connectivity index (χ1n) is 8.92. The molecule has 0 spiro atoms. The highest BCUT2D eigenvalue weighted by Crippen LogP contribution is 2.37. The molecule has 0 aromatic heterocycles. The SMILES string of the molecule is CC(C)CCN1C[C@H]2[C@H](C(=O)NCC(C)C)CCS(=O)(=O)[C@H]2C1. The first-order chi connectivity index (χ1) is 10.7. The molecule has 0 unspecified atom stereocenters. The molecule has 3 atom stereocenters. The molecule has 2 aliphatic rings. The third-order valence-electron chi connectivity index (χ3n) is 5.12. The second-order valence-electron chi connectivity index (χ2n) is 8.05. The van der Waals surface area contributed by atoms with Crippen molar-refractivity contribution in [1.29, 1.82) is 0 Å². The minimum atomic E-state index is -3.05. The second-order valence-corrected chi connectivity index (χ2v) is 10.4. The summed E-state index contributed by atoms with van der Waals surface area (Å²) in [5.41, 5.74) is 0. The lowest BCUT2D eigenvalue weighted by atomic mass is 9.87. The van der Waals surface area contributed by atoms with Crippen LogP contribution in [0.25, 0.3) is 0 Å². The van der Waals surface area contributed by atoms with Gasteiger partial charge in [-0.3, -0.25) is 4.79 Å². The molecule has 2 saturated heterocycles. The van der Waals surface area contributed by atoms with E-state index in [4.69, 9.17) is 0 Å². The topological polar surface area (TPSA) is 66.5 Å². The van der Waals surface area contributed by atoms with E-state index < -0.39 is 9.84 Å². The summed E-state index contributed by atoms with van der Waals surface area (Å²) < 4.78 is 24.8. The normalized spacial score (nSPS) is 30.6. The van der Waals surface area contributed by atoms with Gasteiger partial charge in [-0.2, -0.15) is 0 Å². The molecule has 23 heavy (non-hydrogen) atoms. The number of nitrogens with one attached hydrogen (secondary N) is 1. The highest BCUT2D eigenvalue weighted by Gasteiger charge is 2.50. The minimum absolute atomic E-state index is 0.0342. The largest absolute Gasteiger partial charge is 0.356 e. The van der Waals surface area contributed by atoms with Crippen LogP contribution >= 0.6 is 0 Å². The Hall–Kier alpha value is -0.620. The number of amides is 1. The maximum absolute atomic E-state index is 12.5. The number of fused-ring (bicyclic) bond motifs is 1. The average Bonchev–Trinajstić information content (AvgIpc) is 2.88. The lowest BCUT2D eigenvalue weighted by Crippen LogP contribution is -2.47. The molecule has 0 saturated carbocycles. The molecule has 2 heterocycles. The van der Waals surface area contributed by atoms with Gasteiger partial charge in [0.1, 0.15) is 0 Å². The van der Waals surface area contributed by atoms with Crippen LogP contribution in [0, 0.1) is 23.7 Å². The van der Waals surface area contributed by atoms with Crippen molar-refractivity contribution in [2.24, 2.45) is 23.7 Å². The van der Waals surface area contributed by atoms with E-state index in [9.17, 15) is 13.2 Å². The van der Waals surface area contributed by atoms with Gasteiger partial charge in [-0.25, -0.2) is 8.42 Å². The van der Waals surface area contributed by atoms with Crippen LogP contribution in [0.1, 0.15) is 40.5 Å². The maximum Gasteiger partial charge on any atom is 0.223 e. The maximum atomic E-state index is 12.5. The monoisotopic (exact) mass is 344 g/mol. The van der Waals surface area contributed by atoms with Crippen LogP contribution < -0.4 is 5.32 Å². The number of nitrogens with zero attached hydrogens (tertiary/aromatic N) is 1. The summed E-state index contributed by atoms with van der Waals surface area (Å²) in [5.74, 6) is 1.05. The molecule has 0 aliphatic carbocycles. The standard InChI is InChI=1S/C17H32N2O3S/c1-12(2)5-7-19-10-15-14(17(20)18-9-13(3)4)6-8-23(21,22)16(15)11-19/h12-16H,5-11H2,1-4H3,(H,18,20)/t14-,15+,16+/m1/s1. The van der Waals surface area contributed by atoms with Gasteiger partial charge >= 0.3 is 0 Å². The molecular formula is C17H32N2O3S. The number of carbonyl (C=O) groups excluding carboxylic acids is 1. The third-order valence-corrected chi connectivity index (χ3v) is 7.35. The smallest absolute Gasteiger partial charge is 0.223 e. The molecule has 6 heteroatoms. The first kappa shape index (κ1) is 18.7. The van der Waals surface area contributed by atoms with Crippen molar-refractivity contribution in [3.8, 4) is 0 Å². The van der Waals surface area contributed by atoms with Crippen molar-refractivity contribution in [3.05, 3.63) is 0 Å². The molecule has 134 valence electrons. The van der Waals surface area contributed by atoms with E-state index in [1.165, 1.54) is 0 Å². The molecule has 0 bridgehead atoms. The number of hydrogen-bond donors (Lipinski definition) is 1. The van der Waals surface area contributed by atoms with Crippen LogP contribution in [0.4, 0.5) is 0 Å². The Kier molecular flexibility index (Phi) is 6.11.